The maximum atomic E-state index is 13.8. The molecule has 1 unspecified atom stereocenters. The molecule has 1 rings (SSSR count). The molecule has 0 spiro atoms. The smallest absolute Gasteiger partial charge is 0.145 e. The summed E-state index contributed by atoms with van der Waals surface area (Å²) in [5.74, 6) is -0.393. The topological polar surface area (TPSA) is 35.8 Å². The zero-order valence-corrected chi connectivity index (χ0v) is 11.9. The molecule has 1 atom stereocenters. The molecule has 1 N–H and O–H groups in total. The lowest BCUT2D eigenvalue weighted by Gasteiger charge is -2.14. The largest absolute Gasteiger partial charge is 0.310 e. The third-order valence-corrected chi connectivity index (χ3v) is 3.33. The quantitative estimate of drug-likeness (QED) is 0.714. The van der Waals surface area contributed by atoms with Crippen LogP contribution in [0.4, 0.5) is 4.39 Å². The van der Waals surface area contributed by atoms with Gasteiger partial charge in [-0.3, -0.25) is 0 Å². The molecule has 3 heteroatoms. The first-order valence-electron chi connectivity index (χ1n) is 7.10. The van der Waals surface area contributed by atoms with E-state index in [9.17, 15) is 4.39 Å². The summed E-state index contributed by atoms with van der Waals surface area (Å²) < 4.78 is 13.8. The molecule has 0 radical (unpaired) electrons. The van der Waals surface area contributed by atoms with Crippen molar-refractivity contribution in [3.63, 3.8) is 0 Å². The first-order valence-corrected chi connectivity index (χ1v) is 7.10. The molecule has 0 aliphatic carbocycles. The Morgan fingerprint density at radius 2 is 2.11 bits per heavy atom. The van der Waals surface area contributed by atoms with Crippen LogP contribution in [0.15, 0.2) is 18.2 Å². The summed E-state index contributed by atoms with van der Waals surface area (Å²) in [5.41, 5.74) is 0.689. The summed E-state index contributed by atoms with van der Waals surface area (Å²) in [5, 5.41) is 12.1. The average Bonchev–Trinajstić information content (AvgIpc) is 2.42. The van der Waals surface area contributed by atoms with Crippen LogP contribution in [0.1, 0.15) is 57.1 Å². The van der Waals surface area contributed by atoms with Crippen molar-refractivity contribution in [3.8, 4) is 6.07 Å². The lowest BCUT2D eigenvalue weighted by Crippen LogP contribution is -2.25. The Balaban J connectivity index is 2.38. The number of nitrogens with one attached hydrogen (secondary N) is 1. The SMILES string of the molecule is CCCCCCC(C)NCc1cccc(C#N)c1F. The minimum absolute atomic E-state index is 0.120. The molecule has 2 nitrogen and oxygen atoms in total. The van der Waals surface area contributed by atoms with Gasteiger partial charge in [-0.15, -0.1) is 0 Å². The molecule has 0 aromatic heterocycles. The molecule has 1 aromatic rings. The van der Waals surface area contributed by atoms with Gasteiger partial charge in [0.15, 0.2) is 0 Å². The standard InChI is InChI=1S/C16H23FN2/c1-3-4-5-6-8-13(2)19-12-15-10-7-9-14(11-18)16(15)17/h7,9-10,13,19H,3-6,8,12H2,1-2H3. The second kappa shape index (κ2) is 8.66. The van der Waals surface area contributed by atoms with E-state index in [1.807, 2.05) is 6.07 Å². The van der Waals surface area contributed by atoms with Gasteiger partial charge in [0.05, 0.1) is 5.56 Å². The summed E-state index contributed by atoms with van der Waals surface area (Å²) >= 11 is 0. The van der Waals surface area contributed by atoms with E-state index in [-0.39, 0.29) is 5.56 Å². The van der Waals surface area contributed by atoms with Gasteiger partial charge >= 0.3 is 0 Å². The van der Waals surface area contributed by atoms with Crippen LogP contribution < -0.4 is 5.32 Å². The average molecular weight is 262 g/mol. The summed E-state index contributed by atoms with van der Waals surface area (Å²) in [4.78, 5) is 0. The highest BCUT2D eigenvalue weighted by Gasteiger charge is 2.08. The van der Waals surface area contributed by atoms with Crippen LogP contribution in [-0.4, -0.2) is 6.04 Å². The summed E-state index contributed by atoms with van der Waals surface area (Å²) in [7, 11) is 0. The summed E-state index contributed by atoms with van der Waals surface area (Å²) in [6.45, 7) is 4.81. The van der Waals surface area contributed by atoms with E-state index in [0.717, 1.165) is 6.42 Å². The first kappa shape index (κ1) is 15.7. The Morgan fingerprint density at radius 3 is 2.79 bits per heavy atom. The lowest BCUT2D eigenvalue weighted by molar-refractivity contribution is 0.475. The molecular formula is C16H23FN2. The van der Waals surface area contributed by atoms with E-state index in [0.29, 0.717) is 18.2 Å². The molecule has 0 amide bonds. The molecular weight excluding hydrogens is 239 g/mol. The number of hydrogen-bond acceptors (Lipinski definition) is 2. The van der Waals surface area contributed by atoms with Crippen molar-refractivity contribution in [1.82, 2.24) is 5.32 Å². The molecule has 0 aliphatic rings. The monoisotopic (exact) mass is 262 g/mol. The molecule has 0 aliphatic heterocycles. The van der Waals surface area contributed by atoms with Crippen LogP contribution in [0.5, 0.6) is 0 Å². The third kappa shape index (κ3) is 5.40. The van der Waals surface area contributed by atoms with E-state index < -0.39 is 5.82 Å². The number of benzene rings is 1. The van der Waals surface area contributed by atoms with Crippen LogP contribution in [-0.2, 0) is 6.54 Å². The second-order valence-corrected chi connectivity index (χ2v) is 5.02. The minimum atomic E-state index is -0.393. The van der Waals surface area contributed by atoms with Gasteiger partial charge in [0.25, 0.3) is 0 Å². The number of nitrogens with zero attached hydrogens (tertiary/aromatic N) is 1. The summed E-state index contributed by atoms with van der Waals surface area (Å²) in [6.07, 6.45) is 6.11. The Morgan fingerprint density at radius 1 is 1.32 bits per heavy atom. The number of rotatable bonds is 8. The third-order valence-electron chi connectivity index (χ3n) is 3.33. The fourth-order valence-corrected chi connectivity index (χ4v) is 2.07. The number of nitriles is 1. The van der Waals surface area contributed by atoms with E-state index in [1.54, 1.807) is 12.1 Å². The van der Waals surface area contributed by atoms with Crippen molar-refractivity contribution in [3.05, 3.63) is 35.1 Å². The molecule has 0 fully saturated rings. The van der Waals surface area contributed by atoms with E-state index in [2.05, 4.69) is 19.2 Å². The highest BCUT2D eigenvalue weighted by molar-refractivity contribution is 5.34. The van der Waals surface area contributed by atoms with Gasteiger partial charge in [-0.05, 0) is 19.4 Å². The maximum absolute atomic E-state index is 13.8. The van der Waals surface area contributed by atoms with Crippen LogP contribution >= 0.6 is 0 Å². The zero-order chi connectivity index (χ0) is 14.1. The van der Waals surface area contributed by atoms with Crippen LogP contribution in [0, 0.1) is 17.1 Å². The maximum Gasteiger partial charge on any atom is 0.145 e. The molecule has 0 bridgehead atoms. The van der Waals surface area contributed by atoms with E-state index >= 15 is 0 Å². The molecule has 0 saturated carbocycles. The second-order valence-electron chi connectivity index (χ2n) is 5.02. The molecule has 0 saturated heterocycles. The fraction of sp³-hybridized carbons (Fsp3) is 0.562. The normalized spacial score (nSPS) is 12.1. The molecule has 104 valence electrons. The molecule has 1 aromatic carbocycles. The van der Waals surface area contributed by atoms with Gasteiger partial charge in [0.1, 0.15) is 11.9 Å². The predicted octanol–water partition coefficient (Wildman–Crippen LogP) is 4.15. The Hall–Kier alpha value is -1.40. The first-order chi connectivity index (χ1) is 9.19. The summed E-state index contributed by atoms with van der Waals surface area (Å²) in [6, 6.07) is 7.21. The highest BCUT2D eigenvalue weighted by Crippen LogP contribution is 2.12. The predicted molar refractivity (Wildman–Crippen MR) is 76.2 cm³/mol. The van der Waals surface area contributed by atoms with Crippen molar-refractivity contribution < 1.29 is 4.39 Å². The Labute approximate surface area is 115 Å². The van der Waals surface area contributed by atoms with Gasteiger partial charge in [-0.1, -0.05) is 44.7 Å². The van der Waals surface area contributed by atoms with Gasteiger partial charge in [0.2, 0.25) is 0 Å². The Bertz CT molecular complexity index is 423. The number of hydrogen-bond donors (Lipinski definition) is 1. The van der Waals surface area contributed by atoms with Crippen LogP contribution in [0.25, 0.3) is 0 Å². The number of halogens is 1. The zero-order valence-electron chi connectivity index (χ0n) is 11.9. The van der Waals surface area contributed by atoms with Gasteiger partial charge in [-0.2, -0.15) is 5.26 Å². The molecule has 0 heterocycles. The van der Waals surface area contributed by atoms with E-state index in [1.165, 1.54) is 31.7 Å². The lowest BCUT2D eigenvalue weighted by atomic mass is 10.1. The van der Waals surface area contributed by atoms with Crippen LogP contribution in [0.2, 0.25) is 0 Å². The van der Waals surface area contributed by atoms with Crippen molar-refractivity contribution in [2.45, 2.75) is 58.5 Å². The van der Waals surface area contributed by atoms with Gasteiger partial charge < -0.3 is 5.32 Å². The van der Waals surface area contributed by atoms with Crippen molar-refractivity contribution >= 4 is 0 Å². The van der Waals surface area contributed by atoms with Crippen LogP contribution in [0.3, 0.4) is 0 Å². The van der Waals surface area contributed by atoms with E-state index in [4.69, 9.17) is 5.26 Å². The minimum Gasteiger partial charge on any atom is -0.310 e. The van der Waals surface area contributed by atoms with Crippen molar-refractivity contribution in [2.24, 2.45) is 0 Å². The molecule has 19 heavy (non-hydrogen) atoms. The Kier molecular flexibility index (Phi) is 7.14. The number of unbranched alkanes of at least 4 members (excludes halogenated alkanes) is 3. The highest BCUT2D eigenvalue weighted by atomic mass is 19.1. The van der Waals surface area contributed by atoms with Gasteiger partial charge in [-0.25, -0.2) is 4.39 Å². The van der Waals surface area contributed by atoms with Crippen molar-refractivity contribution in [2.75, 3.05) is 0 Å². The fourth-order valence-electron chi connectivity index (χ4n) is 2.07. The van der Waals surface area contributed by atoms with Gasteiger partial charge in [0, 0.05) is 18.2 Å². The van der Waals surface area contributed by atoms with Crippen molar-refractivity contribution in [1.29, 1.82) is 5.26 Å².